The van der Waals surface area contributed by atoms with Crippen LogP contribution in [0.4, 0.5) is 5.69 Å². The number of rotatable bonds is 5. The van der Waals surface area contributed by atoms with Crippen LogP contribution in [0.25, 0.3) is 0 Å². The van der Waals surface area contributed by atoms with Crippen LogP contribution in [0.1, 0.15) is 20.9 Å². The van der Waals surface area contributed by atoms with E-state index in [2.05, 4.69) is 16.0 Å². The van der Waals surface area contributed by atoms with Crippen LogP contribution in [0, 0.1) is 0 Å². The number of hydrogen-bond donors (Lipinski definition) is 3. The lowest BCUT2D eigenvalue weighted by Gasteiger charge is -2.27. The number of thiocarbonyl (C=S) groups is 1. The van der Waals surface area contributed by atoms with Gasteiger partial charge in [0.1, 0.15) is 6.17 Å². The Morgan fingerprint density at radius 2 is 1.81 bits per heavy atom. The molecule has 0 aliphatic rings. The van der Waals surface area contributed by atoms with Crippen LogP contribution in [-0.2, 0) is 0 Å². The van der Waals surface area contributed by atoms with E-state index in [9.17, 15) is 14.7 Å². The smallest absolute Gasteiger partial charge is 0.288 e. The number of halogens is 3. The van der Waals surface area contributed by atoms with E-state index < -0.39 is 21.8 Å². The van der Waals surface area contributed by atoms with E-state index in [-0.39, 0.29) is 22.1 Å². The van der Waals surface area contributed by atoms with Crippen LogP contribution in [0.2, 0.25) is 0 Å². The standard InChI is InChI=1S/C15H12Cl3N3O4S/c16-15(17,18)13(20-11(22)10-6-3-7-25-10)21-14(26)19-9-5-2-1-4-8(9)12(23)24/h1-7,13H,(H,20,22)(H,23,24)(H2,19,21,26)/p-1. The molecule has 0 saturated carbocycles. The zero-order valence-electron chi connectivity index (χ0n) is 12.8. The third-order valence-corrected chi connectivity index (χ3v) is 3.89. The van der Waals surface area contributed by atoms with Crippen LogP contribution in [-0.4, -0.2) is 26.9 Å². The normalized spacial score (nSPS) is 12.1. The second-order valence-corrected chi connectivity index (χ2v) is 7.63. The van der Waals surface area contributed by atoms with Crippen LogP contribution < -0.4 is 21.1 Å². The van der Waals surface area contributed by atoms with Gasteiger partial charge in [0.15, 0.2) is 10.9 Å². The number of nitrogens with one attached hydrogen (secondary N) is 3. The Labute approximate surface area is 168 Å². The summed E-state index contributed by atoms with van der Waals surface area (Å²) in [4.78, 5) is 23.2. The monoisotopic (exact) mass is 434 g/mol. The highest BCUT2D eigenvalue weighted by molar-refractivity contribution is 7.80. The number of furan rings is 1. The highest BCUT2D eigenvalue weighted by atomic mass is 35.6. The minimum absolute atomic E-state index is 0.00669. The number of amides is 1. The van der Waals surface area contributed by atoms with Crippen molar-refractivity contribution >= 4 is 69.7 Å². The molecule has 2 rings (SSSR count). The van der Waals surface area contributed by atoms with Gasteiger partial charge in [-0.25, -0.2) is 0 Å². The lowest BCUT2D eigenvalue weighted by atomic mass is 10.2. The van der Waals surface area contributed by atoms with Gasteiger partial charge < -0.3 is 30.3 Å². The van der Waals surface area contributed by atoms with E-state index in [1.165, 1.54) is 36.6 Å². The third-order valence-electron chi connectivity index (χ3n) is 3.02. The van der Waals surface area contributed by atoms with Gasteiger partial charge in [0.2, 0.25) is 3.79 Å². The number of carbonyl (C=O) groups is 2. The van der Waals surface area contributed by atoms with Crippen LogP contribution >= 0.6 is 47.0 Å². The topological polar surface area (TPSA) is 106 Å². The molecular weight excluding hydrogens is 425 g/mol. The molecule has 0 aliphatic carbocycles. The molecule has 0 bridgehead atoms. The fourth-order valence-corrected chi connectivity index (χ4v) is 2.42. The maximum Gasteiger partial charge on any atom is 0.288 e. The number of carboxylic acids is 1. The first kappa shape index (κ1) is 20.3. The average Bonchev–Trinajstić information content (AvgIpc) is 3.08. The molecule has 1 aromatic carbocycles. The number of carboxylic acid groups (broad SMARTS) is 1. The summed E-state index contributed by atoms with van der Waals surface area (Å²) in [5, 5.41) is 18.7. The minimum Gasteiger partial charge on any atom is -0.545 e. The lowest BCUT2D eigenvalue weighted by molar-refractivity contribution is -0.254. The molecule has 2 aromatic rings. The molecule has 0 saturated heterocycles. The van der Waals surface area contributed by atoms with Crippen molar-refractivity contribution in [1.82, 2.24) is 10.6 Å². The largest absolute Gasteiger partial charge is 0.545 e. The number of para-hydroxylation sites is 1. The number of anilines is 1. The lowest BCUT2D eigenvalue weighted by Crippen LogP contribution is -2.56. The van der Waals surface area contributed by atoms with E-state index in [1.54, 1.807) is 6.07 Å². The zero-order chi connectivity index (χ0) is 19.3. The highest BCUT2D eigenvalue weighted by Crippen LogP contribution is 2.29. The second kappa shape index (κ2) is 8.59. The first-order valence-corrected chi connectivity index (χ1v) is 8.51. The summed E-state index contributed by atoms with van der Waals surface area (Å²) in [6, 6.07) is 8.90. The van der Waals surface area contributed by atoms with Crippen LogP contribution in [0.5, 0.6) is 0 Å². The summed E-state index contributed by atoms with van der Waals surface area (Å²) < 4.78 is 2.99. The van der Waals surface area contributed by atoms with Crippen molar-refractivity contribution in [3.05, 3.63) is 54.0 Å². The van der Waals surface area contributed by atoms with Crippen molar-refractivity contribution in [3.8, 4) is 0 Å². The van der Waals surface area contributed by atoms with Gasteiger partial charge in [-0.05, 0) is 30.4 Å². The first-order valence-electron chi connectivity index (χ1n) is 6.97. The van der Waals surface area contributed by atoms with E-state index in [1.807, 2.05) is 0 Å². The van der Waals surface area contributed by atoms with Crippen molar-refractivity contribution in [3.63, 3.8) is 0 Å². The molecule has 1 heterocycles. The van der Waals surface area contributed by atoms with Gasteiger partial charge in [0.05, 0.1) is 12.2 Å². The molecular formula is C15H11Cl3N3O4S-. The van der Waals surface area contributed by atoms with E-state index in [0.717, 1.165) is 0 Å². The highest BCUT2D eigenvalue weighted by Gasteiger charge is 2.35. The van der Waals surface area contributed by atoms with Crippen molar-refractivity contribution in [1.29, 1.82) is 0 Å². The van der Waals surface area contributed by atoms with Gasteiger partial charge in [-0.3, -0.25) is 4.79 Å². The predicted octanol–water partition coefficient (Wildman–Crippen LogP) is 2.06. The molecule has 1 amide bonds. The Morgan fingerprint density at radius 1 is 1.12 bits per heavy atom. The number of aromatic carboxylic acids is 1. The first-order chi connectivity index (χ1) is 12.2. The molecule has 0 radical (unpaired) electrons. The number of carbonyl (C=O) groups excluding carboxylic acids is 2. The Balaban J connectivity index is 2.10. The average molecular weight is 436 g/mol. The Morgan fingerprint density at radius 3 is 2.38 bits per heavy atom. The van der Waals surface area contributed by atoms with Crippen molar-refractivity contribution in [2.45, 2.75) is 9.96 Å². The Hall–Kier alpha value is -2.00. The predicted molar refractivity (Wildman–Crippen MR) is 100 cm³/mol. The number of hydrogen-bond acceptors (Lipinski definition) is 5. The number of benzene rings is 1. The fraction of sp³-hybridized carbons (Fsp3) is 0.133. The van der Waals surface area contributed by atoms with E-state index in [0.29, 0.717) is 0 Å². The summed E-state index contributed by atoms with van der Waals surface area (Å²) in [6.45, 7) is 0. The van der Waals surface area contributed by atoms with Crippen molar-refractivity contribution < 1.29 is 19.1 Å². The van der Waals surface area contributed by atoms with E-state index >= 15 is 0 Å². The second-order valence-electron chi connectivity index (χ2n) is 4.86. The molecule has 0 spiro atoms. The van der Waals surface area contributed by atoms with Gasteiger partial charge in [-0.1, -0.05) is 53.0 Å². The summed E-state index contributed by atoms with van der Waals surface area (Å²) in [5.74, 6) is -2.02. The molecule has 1 atom stereocenters. The van der Waals surface area contributed by atoms with Gasteiger partial charge in [0.25, 0.3) is 5.91 Å². The summed E-state index contributed by atoms with van der Waals surface area (Å²) in [7, 11) is 0. The molecule has 1 unspecified atom stereocenters. The molecule has 26 heavy (non-hydrogen) atoms. The maximum absolute atomic E-state index is 12.1. The number of alkyl halides is 3. The molecule has 7 nitrogen and oxygen atoms in total. The Bertz CT molecular complexity index is 809. The Kier molecular flexibility index (Phi) is 6.71. The molecule has 0 aliphatic heterocycles. The van der Waals surface area contributed by atoms with Crippen molar-refractivity contribution in [2.24, 2.45) is 0 Å². The van der Waals surface area contributed by atoms with Gasteiger partial charge in [0, 0.05) is 11.3 Å². The molecule has 138 valence electrons. The minimum atomic E-state index is -1.97. The SMILES string of the molecule is O=C(NC(NC(=S)Nc1ccccc1C(=O)[O-])C(Cl)(Cl)Cl)c1ccco1. The van der Waals surface area contributed by atoms with Gasteiger partial charge >= 0.3 is 0 Å². The zero-order valence-corrected chi connectivity index (χ0v) is 15.9. The third kappa shape index (κ3) is 5.50. The van der Waals surface area contributed by atoms with Crippen LogP contribution in [0.15, 0.2) is 47.1 Å². The molecule has 3 N–H and O–H groups in total. The quantitative estimate of drug-likeness (QED) is 0.375. The summed E-state index contributed by atoms with van der Waals surface area (Å²) in [5.41, 5.74) is 0.0622. The van der Waals surface area contributed by atoms with Crippen LogP contribution in [0.3, 0.4) is 0 Å². The summed E-state index contributed by atoms with van der Waals surface area (Å²) >= 11 is 22.7. The maximum atomic E-state index is 12.1. The van der Waals surface area contributed by atoms with Gasteiger partial charge in [-0.2, -0.15) is 0 Å². The van der Waals surface area contributed by atoms with Crippen molar-refractivity contribution in [2.75, 3.05) is 5.32 Å². The van der Waals surface area contributed by atoms with Gasteiger partial charge in [-0.15, -0.1) is 0 Å². The fourth-order valence-electron chi connectivity index (χ4n) is 1.87. The summed E-state index contributed by atoms with van der Waals surface area (Å²) in [6.07, 6.45) is 0.0793. The molecule has 11 heteroatoms. The molecule has 0 fully saturated rings. The van der Waals surface area contributed by atoms with E-state index in [4.69, 9.17) is 51.4 Å². The molecule has 1 aromatic heterocycles.